The van der Waals surface area contributed by atoms with E-state index < -0.39 is 0 Å². The summed E-state index contributed by atoms with van der Waals surface area (Å²) in [5.41, 5.74) is 4.08. The lowest BCUT2D eigenvalue weighted by Crippen LogP contribution is -2.27. The van der Waals surface area contributed by atoms with Crippen LogP contribution in [0.5, 0.6) is 0 Å². The fourth-order valence-electron chi connectivity index (χ4n) is 2.78. The van der Waals surface area contributed by atoms with Gasteiger partial charge in [0.15, 0.2) is 0 Å². The standard InChI is InChI=1S/C18H30O/c1-6-9-15-12-16(10-7-2)14-18(4,19-5)17(13-15)11-8-3/h12-14H,6-11H2,1-5H3/t18-/m0/s1. The number of methoxy groups -OCH3 is 1. The van der Waals surface area contributed by atoms with Crippen LogP contribution in [0.15, 0.2) is 34.9 Å². The molecule has 0 amide bonds. The van der Waals surface area contributed by atoms with Crippen molar-refractivity contribution in [3.8, 4) is 0 Å². The van der Waals surface area contributed by atoms with Crippen LogP contribution in [-0.2, 0) is 4.74 Å². The zero-order valence-corrected chi connectivity index (χ0v) is 13.4. The average molecular weight is 262 g/mol. The number of ether oxygens (including phenoxy) is 1. The van der Waals surface area contributed by atoms with Crippen molar-refractivity contribution < 1.29 is 4.74 Å². The molecule has 0 radical (unpaired) electrons. The molecule has 1 aliphatic carbocycles. The van der Waals surface area contributed by atoms with E-state index in [4.69, 9.17) is 4.74 Å². The molecule has 0 bridgehead atoms. The molecule has 1 nitrogen and oxygen atoms in total. The van der Waals surface area contributed by atoms with Crippen LogP contribution in [0.25, 0.3) is 0 Å². The maximum atomic E-state index is 5.85. The van der Waals surface area contributed by atoms with E-state index in [0.717, 1.165) is 19.3 Å². The quantitative estimate of drug-likeness (QED) is 0.581. The fraction of sp³-hybridized carbons (Fsp3) is 0.667. The number of rotatable bonds is 7. The van der Waals surface area contributed by atoms with E-state index >= 15 is 0 Å². The van der Waals surface area contributed by atoms with Gasteiger partial charge in [0, 0.05) is 7.11 Å². The van der Waals surface area contributed by atoms with Gasteiger partial charge in [-0.2, -0.15) is 0 Å². The van der Waals surface area contributed by atoms with Gasteiger partial charge in [-0.05, 0) is 49.0 Å². The van der Waals surface area contributed by atoms with Crippen molar-refractivity contribution in [2.75, 3.05) is 7.11 Å². The number of hydrogen-bond acceptors (Lipinski definition) is 1. The van der Waals surface area contributed by atoms with Gasteiger partial charge in [-0.25, -0.2) is 0 Å². The van der Waals surface area contributed by atoms with E-state index in [2.05, 4.69) is 45.9 Å². The summed E-state index contributed by atoms with van der Waals surface area (Å²) in [6.07, 6.45) is 14.1. The molecule has 0 fully saturated rings. The molecule has 0 saturated carbocycles. The molecule has 0 aromatic rings. The van der Waals surface area contributed by atoms with E-state index in [1.807, 2.05) is 7.11 Å². The number of hydrogen-bond donors (Lipinski definition) is 0. The second-order valence-electron chi connectivity index (χ2n) is 5.67. The summed E-state index contributed by atoms with van der Waals surface area (Å²) in [5, 5.41) is 0. The van der Waals surface area contributed by atoms with Crippen molar-refractivity contribution in [3.05, 3.63) is 34.9 Å². The van der Waals surface area contributed by atoms with Crippen LogP contribution in [-0.4, -0.2) is 12.7 Å². The molecule has 1 heteroatoms. The van der Waals surface area contributed by atoms with E-state index in [9.17, 15) is 0 Å². The highest BCUT2D eigenvalue weighted by molar-refractivity contribution is 5.43. The summed E-state index contributed by atoms with van der Waals surface area (Å²) in [6.45, 7) is 8.93. The monoisotopic (exact) mass is 262 g/mol. The minimum Gasteiger partial charge on any atom is -0.370 e. The van der Waals surface area contributed by atoms with Gasteiger partial charge in [0.1, 0.15) is 5.60 Å². The molecule has 0 spiro atoms. The second kappa shape index (κ2) is 7.69. The van der Waals surface area contributed by atoms with E-state index in [1.165, 1.54) is 36.0 Å². The first-order chi connectivity index (χ1) is 9.09. The Bertz CT molecular complexity index is 373. The van der Waals surface area contributed by atoms with E-state index in [-0.39, 0.29) is 5.60 Å². The van der Waals surface area contributed by atoms with E-state index in [1.54, 1.807) is 0 Å². The van der Waals surface area contributed by atoms with Gasteiger partial charge in [-0.15, -0.1) is 0 Å². The first-order valence-corrected chi connectivity index (χ1v) is 7.78. The van der Waals surface area contributed by atoms with Crippen molar-refractivity contribution in [2.45, 2.75) is 71.8 Å². The largest absolute Gasteiger partial charge is 0.370 e. The predicted molar refractivity (Wildman–Crippen MR) is 84.4 cm³/mol. The maximum absolute atomic E-state index is 5.85. The van der Waals surface area contributed by atoms with Crippen molar-refractivity contribution in [1.82, 2.24) is 0 Å². The molecule has 0 N–H and O–H groups in total. The van der Waals surface area contributed by atoms with Gasteiger partial charge in [0.25, 0.3) is 0 Å². The van der Waals surface area contributed by atoms with Crippen LogP contribution in [0.4, 0.5) is 0 Å². The van der Waals surface area contributed by atoms with Crippen molar-refractivity contribution in [2.24, 2.45) is 0 Å². The van der Waals surface area contributed by atoms with Crippen LogP contribution in [0, 0.1) is 0 Å². The molecule has 0 aromatic carbocycles. The second-order valence-corrected chi connectivity index (χ2v) is 5.67. The first-order valence-electron chi connectivity index (χ1n) is 7.78. The molecular weight excluding hydrogens is 232 g/mol. The zero-order valence-electron chi connectivity index (χ0n) is 13.4. The van der Waals surface area contributed by atoms with Gasteiger partial charge in [0.05, 0.1) is 0 Å². The van der Waals surface area contributed by atoms with Gasteiger partial charge in [-0.3, -0.25) is 0 Å². The highest BCUT2D eigenvalue weighted by Gasteiger charge is 2.27. The summed E-state index contributed by atoms with van der Waals surface area (Å²) >= 11 is 0. The zero-order chi connectivity index (χ0) is 14.3. The topological polar surface area (TPSA) is 9.23 Å². The Morgan fingerprint density at radius 2 is 1.47 bits per heavy atom. The number of allylic oxidation sites excluding steroid dienone is 4. The minimum absolute atomic E-state index is 0.230. The van der Waals surface area contributed by atoms with Gasteiger partial charge in [-0.1, -0.05) is 52.2 Å². The molecule has 0 aliphatic heterocycles. The molecule has 1 aliphatic rings. The molecule has 0 unspecified atom stereocenters. The lowest BCUT2D eigenvalue weighted by Gasteiger charge is -2.28. The third kappa shape index (κ3) is 4.35. The first kappa shape index (κ1) is 16.2. The smallest absolute Gasteiger partial charge is 0.105 e. The SMILES string of the molecule is CCCC1=CC(CCC)=C[C@](C)(OC)C(CCC)=C1. The van der Waals surface area contributed by atoms with E-state index in [0.29, 0.717) is 0 Å². The summed E-state index contributed by atoms with van der Waals surface area (Å²) in [7, 11) is 1.83. The maximum Gasteiger partial charge on any atom is 0.105 e. The Balaban J connectivity index is 3.18. The minimum atomic E-state index is -0.230. The average Bonchev–Trinajstić information content (AvgIpc) is 2.50. The Kier molecular flexibility index (Phi) is 6.57. The van der Waals surface area contributed by atoms with Crippen molar-refractivity contribution >= 4 is 0 Å². The van der Waals surface area contributed by atoms with Crippen LogP contribution in [0.3, 0.4) is 0 Å². The Morgan fingerprint density at radius 3 is 2.00 bits per heavy atom. The lowest BCUT2D eigenvalue weighted by atomic mass is 9.89. The molecule has 0 saturated heterocycles. The van der Waals surface area contributed by atoms with Crippen LogP contribution >= 0.6 is 0 Å². The summed E-state index contributed by atoms with van der Waals surface area (Å²) in [6, 6.07) is 0. The Hall–Kier alpha value is -0.820. The van der Waals surface area contributed by atoms with Crippen LogP contribution in [0.2, 0.25) is 0 Å². The summed E-state index contributed by atoms with van der Waals surface area (Å²) < 4.78 is 5.85. The molecule has 0 heterocycles. The molecule has 108 valence electrons. The van der Waals surface area contributed by atoms with Crippen molar-refractivity contribution in [1.29, 1.82) is 0 Å². The Labute approximate surface area is 119 Å². The normalized spacial score (nSPS) is 23.5. The molecule has 1 rings (SSSR count). The highest BCUT2D eigenvalue weighted by Crippen LogP contribution is 2.33. The molecule has 1 atom stereocenters. The lowest BCUT2D eigenvalue weighted by molar-refractivity contribution is 0.0768. The predicted octanol–water partition coefficient (Wildman–Crippen LogP) is 5.58. The summed E-state index contributed by atoms with van der Waals surface area (Å²) in [4.78, 5) is 0. The van der Waals surface area contributed by atoms with Gasteiger partial charge < -0.3 is 4.74 Å². The Morgan fingerprint density at radius 1 is 0.895 bits per heavy atom. The third-order valence-corrected chi connectivity index (χ3v) is 3.85. The molecular formula is C18H30O. The molecule has 0 aromatic heterocycles. The van der Waals surface area contributed by atoms with Crippen LogP contribution in [0.1, 0.15) is 66.2 Å². The fourth-order valence-corrected chi connectivity index (χ4v) is 2.78. The molecule has 19 heavy (non-hydrogen) atoms. The van der Waals surface area contributed by atoms with Gasteiger partial charge in [0.2, 0.25) is 0 Å². The van der Waals surface area contributed by atoms with Crippen molar-refractivity contribution in [3.63, 3.8) is 0 Å². The third-order valence-electron chi connectivity index (χ3n) is 3.85. The van der Waals surface area contributed by atoms with Gasteiger partial charge >= 0.3 is 0 Å². The van der Waals surface area contributed by atoms with Crippen LogP contribution < -0.4 is 0 Å². The highest BCUT2D eigenvalue weighted by atomic mass is 16.5. The summed E-state index contributed by atoms with van der Waals surface area (Å²) in [5.74, 6) is 0.